The van der Waals surface area contributed by atoms with Gasteiger partial charge in [-0.2, -0.15) is 0 Å². The Bertz CT molecular complexity index is 402. The van der Waals surface area contributed by atoms with E-state index in [1.54, 1.807) is 26.0 Å². The van der Waals surface area contributed by atoms with Gasteiger partial charge in [-0.3, -0.25) is 10.1 Å². The van der Waals surface area contributed by atoms with Crippen LogP contribution in [0.4, 0.5) is 11.4 Å². The van der Waals surface area contributed by atoms with Gasteiger partial charge in [-0.1, -0.05) is 17.7 Å². The summed E-state index contributed by atoms with van der Waals surface area (Å²) in [7, 11) is 0. The van der Waals surface area contributed by atoms with Crippen molar-refractivity contribution in [1.82, 2.24) is 0 Å². The number of aliphatic hydroxyl groups is 1. The van der Waals surface area contributed by atoms with Gasteiger partial charge in [0, 0.05) is 6.54 Å². The Kier molecular flexibility index (Phi) is 3.72. The summed E-state index contributed by atoms with van der Waals surface area (Å²) in [6, 6.07) is 4.62. The van der Waals surface area contributed by atoms with Gasteiger partial charge in [-0.05, 0) is 26.0 Å². The third-order valence-electron chi connectivity index (χ3n) is 1.88. The minimum absolute atomic E-state index is 0.0748. The third kappa shape index (κ3) is 3.36. The Hall–Kier alpha value is -1.33. The minimum atomic E-state index is -0.948. The molecule has 0 amide bonds. The Balaban J connectivity index is 2.96. The summed E-state index contributed by atoms with van der Waals surface area (Å²) in [6.45, 7) is 3.42. The van der Waals surface area contributed by atoms with Crippen LogP contribution in [-0.2, 0) is 0 Å². The van der Waals surface area contributed by atoms with Gasteiger partial charge >= 0.3 is 5.69 Å². The van der Waals surface area contributed by atoms with E-state index in [0.717, 1.165) is 0 Å². The molecule has 0 bridgehead atoms. The molecule has 1 rings (SSSR count). The van der Waals surface area contributed by atoms with Crippen molar-refractivity contribution in [2.45, 2.75) is 19.4 Å². The molecule has 0 aliphatic carbocycles. The van der Waals surface area contributed by atoms with Crippen molar-refractivity contribution in [2.24, 2.45) is 0 Å². The van der Waals surface area contributed by atoms with Gasteiger partial charge in [0.25, 0.3) is 0 Å². The Labute approximate surface area is 98.2 Å². The van der Waals surface area contributed by atoms with Crippen LogP contribution in [0.2, 0.25) is 5.02 Å². The largest absolute Gasteiger partial charge is 0.389 e. The maximum atomic E-state index is 10.8. The van der Waals surface area contributed by atoms with Gasteiger partial charge in [0.15, 0.2) is 0 Å². The smallest absolute Gasteiger partial charge is 0.310 e. The van der Waals surface area contributed by atoms with Crippen molar-refractivity contribution in [1.29, 1.82) is 0 Å². The monoisotopic (exact) mass is 244 g/mol. The Morgan fingerprint density at radius 3 is 2.69 bits per heavy atom. The molecule has 0 unspecified atom stereocenters. The number of halogens is 1. The molecule has 1 aromatic carbocycles. The first-order valence-electron chi connectivity index (χ1n) is 4.70. The van der Waals surface area contributed by atoms with E-state index in [1.807, 2.05) is 0 Å². The highest BCUT2D eigenvalue weighted by atomic mass is 35.5. The van der Waals surface area contributed by atoms with Crippen LogP contribution >= 0.6 is 11.6 Å². The van der Waals surface area contributed by atoms with Crippen molar-refractivity contribution in [2.75, 3.05) is 11.9 Å². The molecule has 0 saturated heterocycles. The van der Waals surface area contributed by atoms with E-state index < -0.39 is 10.5 Å². The maximum Gasteiger partial charge on any atom is 0.310 e. The second-order valence-corrected chi connectivity index (χ2v) is 4.47. The molecular formula is C10H13ClN2O3. The first kappa shape index (κ1) is 12.7. The average molecular weight is 245 g/mol. The zero-order chi connectivity index (χ0) is 12.3. The fourth-order valence-corrected chi connectivity index (χ4v) is 1.40. The highest BCUT2D eigenvalue weighted by Crippen LogP contribution is 2.32. The van der Waals surface area contributed by atoms with E-state index in [0.29, 0.717) is 5.69 Å². The number of nitro benzene ring substituents is 1. The molecular weight excluding hydrogens is 232 g/mol. The lowest BCUT2D eigenvalue weighted by Gasteiger charge is -2.18. The predicted octanol–water partition coefficient (Wildman–Crippen LogP) is 2.43. The van der Waals surface area contributed by atoms with Gasteiger partial charge in [-0.25, -0.2) is 0 Å². The molecule has 88 valence electrons. The molecule has 0 atom stereocenters. The molecule has 1 aromatic rings. The van der Waals surface area contributed by atoms with Gasteiger partial charge in [-0.15, -0.1) is 0 Å². The van der Waals surface area contributed by atoms with E-state index >= 15 is 0 Å². The fourth-order valence-electron chi connectivity index (χ4n) is 1.16. The summed E-state index contributed by atoms with van der Waals surface area (Å²) >= 11 is 5.73. The molecule has 6 heteroatoms. The van der Waals surface area contributed by atoms with Crippen LogP contribution in [0.5, 0.6) is 0 Å². The summed E-state index contributed by atoms with van der Waals surface area (Å²) in [4.78, 5) is 10.2. The lowest BCUT2D eigenvalue weighted by Crippen LogP contribution is -2.29. The number of nitrogens with zero attached hydrogens (tertiary/aromatic N) is 1. The first-order chi connectivity index (χ1) is 7.31. The van der Waals surface area contributed by atoms with Crippen LogP contribution in [0.3, 0.4) is 0 Å². The third-order valence-corrected chi connectivity index (χ3v) is 2.19. The second kappa shape index (κ2) is 4.67. The second-order valence-electron chi connectivity index (χ2n) is 4.06. The van der Waals surface area contributed by atoms with E-state index in [4.69, 9.17) is 11.6 Å². The zero-order valence-electron chi connectivity index (χ0n) is 9.03. The van der Waals surface area contributed by atoms with E-state index in [-0.39, 0.29) is 17.3 Å². The number of hydrogen-bond donors (Lipinski definition) is 2. The molecule has 0 aromatic heterocycles. The van der Waals surface area contributed by atoms with Crippen LogP contribution in [0, 0.1) is 10.1 Å². The quantitative estimate of drug-likeness (QED) is 0.630. The highest BCUT2D eigenvalue weighted by molar-refractivity contribution is 6.33. The van der Waals surface area contributed by atoms with Crippen LogP contribution in [-0.4, -0.2) is 22.2 Å². The number of para-hydroxylation sites is 1. The van der Waals surface area contributed by atoms with Crippen molar-refractivity contribution >= 4 is 23.0 Å². The summed E-state index contributed by atoms with van der Waals surface area (Å²) < 4.78 is 0. The van der Waals surface area contributed by atoms with Crippen LogP contribution in [0.1, 0.15) is 13.8 Å². The Morgan fingerprint density at radius 1 is 1.56 bits per heavy atom. The summed E-state index contributed by atoms with van der Waals surface area (Å²) in [5, 5.41) is 23.2. The zero-order valence-corrected chi connectivity index (χ0v) is 9.78. The molecule has 0 radical (unpaired) electrons. The number of benzene rings is 1. The average Bonchev–Trinajstić information content (AvgIpc) is 2.12. The number of nitrogens with one attached hydrogen (secondary N) is 1. The molecule has 0 fully saturated rings. The lowest BCUT2D eigenvalue weighted by atomic mass is 10.1. The fraction of sp³-hybridized carbons (Fsp3) is 0.400. The normalized spacial score (nSPS) is 11.2. The Morgan fingerprint density at radius 2 is 2.19 bits per heavy atom. The lowest BCUT2D eigenvalue weighted by molar-refractivity contribution is -0.383. The van der Waals surface area contributed by atoms with Crippen LogP contribution in [0.15, 0.2) is 18.2 Å². The van der Waals surface area contributed by atoms with Gasteiger partial charge in [0.1, 0.15) is 10.7 Å². The highest BCUT2D eigenvalue weighted by Gasteiger charge is 2.20. The first-order valence-corrected chi connectivity index (χ1v) is 5.08. The molecule has 0 spiro atoms. The molecule has 5 nitrogen and oxygen atoms in total. The standard InChI is InChI=1S/C10H13ClN2O3/c1-10(2,14)6-12-8-5-3-4-7(11)9(8)13(15)16/h3-5,12,14H,6H2,1-2H3. The molecule has 16 heavy (non-hydrogen) atoms. The van der Waals surface area contributed by atoms with Crippen molar-refractivity contribution in [3.63, 3.8) is 0 Å². The number of hydrogen-bond acceptors (Lipinski definition) is 4. The van der Waals surface area contributed by atoms with Gasteiger partial charge in [0.2, 0.25) is 0 Å². The molecule has 0 aliphatic heterocycles. The van der Waals surface area contributed by atoms with Crippen molar-refractivity contribution in [3.8, 4) is 0 Å². The van der Waals surface area contributed by atoms with Crippen LogP contribution < -0.4 is 5.32 Å². The summed E-state index contributed by atoms with van der Waals surface area (Å²) in [5.74, 6) is 0. The SMILES string of the molecule is CC(C)(O)CNc1cccc(Cl)c1[N+](=O)[O-]. The summed E-state index contributed by atoms with van der Waals surface area (Å²) in [5.41, 5.74) is -0.816. The van der Waals surface area contributed by atoms with Gasteiger partial charge < -0.3 is 10.4 Å². The van der Waals surface area contributed by atoms with Crippen LogP contribution in [0.25, 0.3) is 0 Å². The maximum absolute atomic E-state index is 10.8. The number of nitro groups is 1. The van der Waals surface area contributed by atoms with E-state index in [2.05, 4.69) is 5.32 Å². The van der Waals surface area contributed by atoms with E-state index in [9.17, 15) is 15.2 Å². The number of rotatable bonds is 4. The number of anilines is 1. The molecule has 0 heterocycles. The van der Waals surface area contributed by atoms with Gasteiger partial charge in [0.05, 0.1) is 10.5 Å². The van der Waals surface area contributed by atoms with Crippen molar-refractivity contribution in [3.05, 3.63) is 33.3 Å². The minimum Gasteiger partial charge on any atom is -0.389 e. The molecule has 0 aliphatic rings. The predicted molar refractivity (Wildman–Crippen MR) is 62.9 cm³/mol. The topological polar surface area (TPSA) is 75.4 Å². The molecule has 2 N–H and O–H groups in total. The van der Waals surface area contributed by atoms with E-state index in [1.165, 1.54) is 6.07 Å². The summed E-state index contributed by atoms with van der Waals surface area (Å²) in [6.07, 6.45) is 0. The van der Waals surface area contributed by atoms with Crippen molar-refractivity contribution < 1.29 is 10.0 Å². The molecule has 0 saturated carbocycles.